The number of carbonyl (C=O) groups is 1. The summed E-state index contributed by atoms with van der Waals surface area (Å²) in [6.45, 7) is 0.111. The van der Waals surface area contributed by atoms with Gasteiger partial charge >= 0.3 is 6.18 Å². The number of alkyl halides is 3. The van der Waals surface area contributed by atoms with E-state index >= 15 is 0 Å². The fourth-order valence-electron chi connectivity index (χ4n) is 2.42. The first kappa shape index (κ1) is 16.3. The van der Waals surface area contributed by atoms with Crippen molar-refractivity contribution in [2.75, 3.05) is 6.54 Å². The number of nitrogens with one attached hydrogen (secondary N) is 1. The molecule has 3 nitrogen and oxygen atoms in total. The molecule has 21 heavy (non-hydrogen) atoms. The minimum absolute atomic E-state index is 0.0315. The van der Waals surface area contributed by atoms with Crippen LogP contribution in [0, 0.1) is 0 Å². The van der Waals surface area contributed by atoms with E-state index in [0.29, 0.717) is 12.8 Å². The molecule has 0 radical (unpaired) electrons. The second-order valence-corrected chi connectivity index (χ2v) is 5.97. The Labute approximate surface area is 129 Å². The Morgan fingerprint density at radius 2 is 2.14 bits per heavy atom. The van der Waals surface area contributed by atoms with Crippen LogP contribution in [-0.4, -0.2) is 29.7 Å². The van der Waals surface area contributed by atoms with Crippen LogP contribution in [0.2, 0.25) is 0 Å². The highest BCUT2D eigenvalue weighted by molar-refractivity contribution is 9.10. The van der Waals surface area contributed by atoms with E-state index in [1.54, 1.807) is 0 Å². The van der Waals surface area contributed by atoms with Crippen molar-refractivity contribution in [3.8, 4) is 0 Å². The summed E-state index contributed by atoms with van der Waals surface area (Å²) in [6.07, 6.45) is -3.26. The maximum Gasteiger partial charge on any atom is 0.405 e. The number of halogens is 4. The van der Waals surface area contributed by atoms with Crippen molar-refractivity contribution in [3.63, 3.8) is 0 Å². The number of rotatable bonds is 5. The fourth-order valence-corrected chi connectivity index (χ4v) is 2.86. The van der Waals surface area contributed by atoms with Gasteiger partial charge in [0.05, 0.1) is 0 Å². The van der Waals surface area contributed by atoms with Crippen LogP contribution in [0.25, 0.3) is 0 Å². The molecule has 0 saturated carbocycles. The van der Waals surface area contributed by atoms with E-state index < -0.39 is 12.2 Å². The molecule has 0 spiro atoms. The molecule has 1 atom stereocenters. The predicted octanol–water partition coefficient (Wildman–Crippen LogP) is 3.44. The number of nitrogens with zero attached hydrogens (tertiary/aromatic N) is 1. The summed E-state index contributed by atoms with van der Waals surface area (Å²) in [6, 6.07) is 5.92. The number of hydrogen-bond donors (Lipinski definition) is 1. The zero-order valence-corrected chi connectivity index (χ0v) is 12.9. The Kier molecular flexibility index (Phi) is 5.27. The van der Waals surface area contributed by atoms with Gasteiger partial charge in [-0.3, -0.25) is 10.2 Å². The van der Waals surface area contributed by atoms with Crippen molar-refractivity contribution in [3.05, 3.63) is 34.3 Å². The Bertz CT molecular complexity index is 507. The quantitative estimate of drug-likeness (QED) is 0.867. The van der Waals surface area contributed by atoms with E-state index in [1.165, 1.54) is 0 Å². The number of benzene rings is 1. The second-order valence-electron chi connectivity index (χ2n) is 5.06. The second kappa shape index (κ2) is 6.79. The van der Waals surface area contributed by atoms with Gasteiger partial charge in [-0.25, -0.2) is 5.01 Å². The van der Waals surface area contributed by atoms with Gasteiger partial charge in [0.25, 0.3) is 0 Å². The van der Waals surface area contributed by atoms with Gasteiger partial charge in [-0.2, -0.15) is 13.2 Å². The monoisotopic (exact) mass is 364 g/mol. The van der Waals surface area contributed by atoms with Gasteiger partial charge in [-0.05, 0) is 37.0 Å². The maximum absolute atomic E-state index is 13.1. The molecule has 1 saturated heterocycles. The summed E-state index contributed by atoms with van der Waals surface area (Å²) in [7, 11) is 0. The summed E-state index contributed by atoms with van der Waals surface area (Å²) < 4.78 is 40.2. The third kappa shape index (κ3) is 4.71. The smallest absolute Gasteiger partial charge is 0.288 e. The van der Waals surface area contributed by atoms with Crippen molar-refractivity contribution in [1.29, 1.82) is 0 Å². The summed E-state index contributed by atoms with van der Waals surface area (Å²) in [5.41, 5.74) is 3.28. The van der Waals surface area contributed by atoms with Gasteiger partial charge in [0, 0.05) is 17.4 Å². The summed E-state index contributed by atoms with van der Waals surface area (Å²) in [4.78, 5) is 11.1. The van der Waals surface area contributed by atoms with Gasteiger partial charge < -0.3 is 0 Å². The van der Waals surface area contributed by atoms with Crippen molar-refractivity contribution in [2.45, 2.75) is 37.9 Å². The zero-order chi connectivity index (χ0) is 15.5. The van der Waals surface area contributed by atoms with Gasteiger partial charge in [-0.15, -0.1) is 0 Å². The van der Waals surface area contributed by atoms with Crippen molar-refractivity contribution >= 4 is 21.8 Å². The minimum atomic E-state index is -4.34. The number of amides is 1. The van der Waals surface area contributed by atoms with Crippen molar-refractivity contribution < 1.29 is 18.0 Å². The van der Waals surface area contributed by atoms with Gasteiger partial charge in [0.1, 0.15) is 6.04 Å². The molecule has 1 aromatic rings. The van der Waals surface area contributed by atoms with E-state index in [2.05, 4.69) is 21.4 Å². The van der Waals surface area contributed by atoms with Crippen LogP contribution < -0.4 is 5.43 Å². The van der Waals surface area contributed by atoms with Crippen molar-refractivity contribution in [1.82, 2.24) is 10.4 Å². The lowest BCUT2D eigenvalue weighted by atomic mass is 10.0. The molecule has 0 bridgehead atoms. The Morgan fingerprint density at radius 3 is 2.71 bits per heavy atom. The van der Waals surface area contributed by atoms with E-state index in [1.807, 2.05) is 24.3 Å². The normalized spacial score (nSPS) is 17.8. The van der Waals surface area contributed by atoms with Crippen LogP contribution in [0.3, 0.4) is 0 Å². The third-order valence-electron chi connectivity index (χ3n) is 3.43. The highest BCUT2D eigenvalue weighted by Crippen LogP contribution is 2.29. The summed E-state index contributed by atoms with van der Waals surface area (Å²) >= 11 is 3.34. The molecule has 1 fully saturated rings. The molecule has 116 valence electrons. The molecule has 7 heteroatoms. The molecule has 1 aromatic carbocycles. The average Bonchev–Trinajstić information content (AvgIpc) is 2.79. The molecule has 1 N–H and O–H groups in total. The van der Waals surface area contributed by atoms with Crippen LogP contribution in [0.4, 0.5) is 13.2 Å². The molecule has 1 amide bonds. The van der Waals surface area contributed by atoms with E-state index in [4.69, 9.17) is 0 Å². The molecule has 0 aliphatic carbocycles. The first-order valence-electron chi connectivity index (χ1n) is 6.73. The standard InChI is InChI=1S/C14H16BrF3N2O/c15-11-5-1-3-10(9-11)4-2-6-12(14(16,17)18)20-8-7-13(21)19-20/h1,3,5,9,12H,2,4,6-8H2,(H,19,21). The molecule has 1 aliphatic heterocycles. The number of aryl methyl sites for hydroxylation is 1. The van der Waals surface area contributed by atoms with Gasteiger partial charge in [0.2, 0.25) is 5.91 Å². The lowest BCUT2D eigenvalue weighted by molar-refractivity contribution is -0.190. The number of hydrogen-bond acceptors (Lipinski definition) is 2. The van der Waals surface area contributed by atoms with E-state index in [0.717, 1.165) is 15.0 Å². The third-order valence-corrected chi connectivity index (χ3v) is 3.93. The van der Waals surface area contributed by atoms with Gasteiger partial charge in [-0.1, -0.05) is 28.1 Å². The lowest BCUT2D eigenvalue weighted by Gasteiger charge is -2.28. The Morgan fingerprint density at radius 1 is 1.38 bits per heavy atom. The molecule has 1 heterocycles. The van der Waals surface area contributed by atoms with E-state index in [-0.39, 0.29) is 25.3 Å². The number of hydrazine groups is 1. The van der Waals surface area contributed by atoms with Crippen LogP contribution in [0.15, 0.2) is 28.7 Å². The highest BCUT2D eigenvalue weighted by atomic mass is 79.9. The number of carbonyl (C=O) groups excluding carboxylic acids is 1. The topological polar surface area (TPSA) is 32.3 Å². The fraction of sp³-hybridized carbons (Fsp3) is 0.500. The summed E-state index contributed by atoms with van der Waals surface area (Å²) in [5, 5.41) is 1.02. The SMILES string of the molecule is O=C1CCN(C(CCCc2cccc(Br)c2)C(F)(F)F)N1. The largest absolute Gasteiger partial charge is 0.405 e. The highest BCUT2D eigenvalue weighted by Gasteiger charge is 2.45. The zero-order valence-electron chi connectivity index (χ0n) is 11.3. The Hall–Kier alpha value is -1.08. The molecule has 1 aliphatic rings. The molecule has 0 aromatic heterocycles. The lowest BCUT2D eigenvalue weighted by Crippen LogP contribution is -2.49. The minimum Gasteiger partial charge on any atom is -0.288 e. The first-order valence-corrected chi connectivity index (χ1v) is 7.53. The molecule has 1 unspecified atom stereocenters. The summed E-state index contributed by atoms with van der Waals surface area (Å²) in [5.74, 6) is -0.351. The van der Waals surface area contributed by atoms with Crippen LogP contribution >= 0.6 is 15.9 Å². The molecular weight excluding hydrogens is 349 g/mol. The van der Waals surface area contributed by atoms with Gasteiger partial charge in [0.15, 0.2) is 0 Å². The maximum atomic E-state index is 13.1. The van der Waals surface area contributed by atoms with Crippen molar-refractivity contribution in [2.24, 2.45) is 0 Å². The average molecular weight is 365 g/mol. The van der Waals surface area contributed by atoms with Crippen LogP contribution in [0.1, 0.15) is 24.8 Å². The van der Waals surface area contributed by atoms with Crippen LogP contribution in [0.5, 0.6) is 0 Å². The molecule has 2 rings (SSSR count). The Balaban J connectivity index is 1.92. The molecular formula is C14H16BrF3N2O. The van der Waals surface area contributed by atoms with E-state index in [9.17, 15) is 18.0 Å². The van der Waals surface area contributed by atoms with Crippen LogP contribution in [-0.2, 0) is 11.2 Å². The first-order chi connectivity index (χ1) is 9.86. The predicted molar refractivity (Wildman–Crippen MR) is 76.4 cm³/mol.